The molecule has 1 fully saturated rings. The number of hydrogen-bond donors (Lipinski definition) is 1. The zero-order valence-electron chi connectivity index (χ0n) is 8.20. The van der Waals surface area contributed by atoms with Gasteiger partial charge >= 0.3 is 0 Å². The molecule has 1 aromatic carbocycles. The van der Waals surface area contributed by atoms with Crippen LogP contribution in [-0.2, 0) is 10.0 Å². The molecule has 1 N–H and O–H groups in total. The van der Waals surface area contributed by atoms with E-state index < -0.39 is 10.0 Å². The van der Waals surface area contributed by atoms with Crippen LogP contribution in [0.3, 0.4) is 0 Å². The molecule has 1 saturated carbocycles. The van der Waals surface area contributed by atoms with E-state index in [4.69, 9.17) is 11.6 Å². The van der Waals surface area contributed by atoms with Gasteiger partial charge in [0, 0.05) is 10.7 Å². The van der Waals surface area contributed by atoms with E-state index in [1.807, 2.05) is 6.07 Å². The van der Waals surface area contributed by atoms with Crippen LogP contribution in [0.1, 0.15) is 17.9 Å². The minimum Gasteiger partial charge on any atom is -0.284 e. The molecule has 1 atom stereocenters. The zero-order valence-corrected chi connectivity index (χ0v) is 9.77. The Labute approximate surface area is 94.5 Å². The van der Waals surface area contributed by atoms with Crippen LogP contribution in [0.5, 0.6) is 0 Å². The van der Waals surface area contributed by atoms with Gasteiger partial charge in [0.05, 0.1) is 6.26 Å². The Kier molecular flexibility index (Phi) is 2.64. The summed E-state index contributed by atoms with van der Waals surface area (Å²) >= 11 is 6.04. The van der Waals surface area contributed by atoms with Gasteiger partial charge in [-0.2, -0.15) is 0 Å². The average molecular weight is 245 g/mol. The third-order valence-corrected chi connectivity index (χ3v) is 3.11. The monoisotopic (exact) mass is 244 g/mol. The standard InChI is InChI=1S/C10H11ClNO2S/c1-15(13,14)12-8-4-5-9(7-2-3-7)10(11)6-8/h2,4-7,12H,3H2,1H3. The van der Waals surface area contributed by atoms with Crippen molar-refractivity contribution in [3.63, 3.8) is 0 Å². The highest BCUT2D eigenvalue weighted by Crippen LogP contribution is 2.42. The molecule has 1 aromatic rings. The van der Waals surface area contributed by atoms with Gasteiger partial charge in [0.1, 0.15) is 0 Å². The van der Waals surface area contributed by atoms with Gasteiger partial charge in [-0.15, -0.1) is 0 Å². The number of anilines is 1. The fourth-order valence-electron chi connectivity index (χ4n) is 1.43. The van der Waals surface area contributed by atoms with Crippen LogP contribution < -0.4 is 4.72 Å². The fraction of sp³-hybridized carbons (Fsp3) is 0.300. The van der Waals surface area contributed by atoms with E-state index in [1.165, 1.54) is 0 Å². The molecular formula is C10H11ClNO2S. The second-order valence-electron chi connectivity index (χ2n) is 3.69. The van der Waals surface area contributed by atoms with E-state index in [0.29, 0.717) is 16.6 Å². The lowest BCUT2D eigenvalue weighted by Gasteiger charge is -2.07. The molecule has 5 heteroatoms. The van der Waals surface area contributed by atoms with E-state index in [2.05, 4.69) is 11.1 Å². The van der Waals surface area contributed by atoms with Gasteiger partial charge in [0.15, 0.2) is 0 Å². The molecule has 0 aromatic heterocycles. The molecule has 81 valence electrons. The van der Waals surface area contributed by atoms with Crippen molar-refractivity contribution >= 4 is 27.3 Å². The minimum atomic E-state index is -3.23. The molecule has 3 nitrogen and oxygen atoms in total. The van der Waals surface area contributed by atoms with Gasteiger partial charge in [-0.1, -0.05) is 17.7 Å². The molecule has 0 spiro atoms. The fourth-order valence-corrected chi connectivity index (χ4v) is 2.30. The van der Waals surface area contributed by atoms with Crippen LogP contribution in [0.2, 0.25) is 5.02 Å². The normalized spacial score (nSPS) is 16.4. The molecule has 0 aliphatic heterocycles. The molecule has 0 heterocycles. The molecule has 1 aliphatic rings. The highest BCUT2D eigenvalue weighted by Gasteiger charge is 2.26. The summed E-state index contributed by atoms with van der Waals surface area (Å²) in [6, 6.07) is 5.24. The molecule has 0 saturated heterocycles. The van der Waals surface area contributed by atoms with Gasteiger partial charge in [0.25, 0.3) is 0 Å². The van der Waals surface area contributed by atoms with Gasteiger partial charge in [-0.3, -0.25) is 4.72 Å². The Morgan fingerprint density at radius 3 is 2.60 bits per heavy atom. The van der Waals surface area contributed by atoms with Crippen LogP contribution >= 0.6 is 11.6 Å². The van der Waals surface area contributed by atoms with Crippen molar-refractivity contribution < 1.29 is 8.42 Å². The van der Waals surface area contributed by atoms with Gasteiger partial charge in [-0.25, -0.2) is 8.42 Å². The minimum absolute atomic E-state index is 0.449. The average Bonchev–Trinajstić information content (AvgIpc) is 2.84. The van der Waals surface area contributed by atoms with Crippen LogP contribution in [0.4, 0.5) is 5.69 Å². The first kappa shape index (κ1) is 10.8. The number of rotatable bonds is 3. The predicted molar refractivity (Wildman–Crippen MR) is 61.6 cm³/mol. The SMILES string of the molecule is CS(=O)(=O)Nc1ccc(C2[CH]C2)c(Cl)c1. The summed E-state index contributed by atoms with van der Waals surface area (Å²) in [7, 11) is -3.23. The Morgan fingerprint density at radius 2 is 2.13 bits per heavy atom. The van der Waals surface area contributed by atoms with Crippen molar-refractivity contribution in [2.45, 2.75) is 12.3 Å². The van der Waals surface area contributed by atoms with E-state index in [9.17, 15) is 8.42 Å². The van der Waals surface area contributed by atoms with E-state index in [1.54, 1.807) is 12.1 Å². The maximum absolute atomic E-state index is 11.0. The van der Waals surface area contributed by atoms with E-state index in [-0.39, 0.29) is 0 Å². The summed E-state index contributed by atoms with van der Waals surface area (Å²) in [5.41, 5.74) is 1.57. The van der Waals surface area contributed by atoms with E-state index in [0.717, 1.165) is 18.2 Å². The molecule has 2 rings (SSSR count). The van der Waals surface area contributed by atoms with Gasteiger partial charge in [-0.05, 0) is 36.5 Å². The van der Waals surface area contributed by atoms with Crippen molar-refractivity contribution in [2.75, 3.05) is 11.0 Å². The van der Waals surface area contributed by atoms with Crippen molar-refractivity contribution in [3.05, 3.63) is 35.2 Å². The van der Waals surface area contributed by atoms with Gasteiger partial charge in [0.2, 0.25) is 10.0 Å². The smallest absolute Gasteiger partial charge is 0.229 e. The zero-order chi connectivity index (χ0) is 11.1. The molecule has 1 aliphatic carbocycles. The summed E-state index contributed by atoms with van der Waals surface area (Å²) in [6.45, 7) is 0. The summed E-state index contributed by atoms with van der Waals surface area (Å²) in [4.78, 5) is 0. The van der Waals surface area contributed by atoms with E-state index >= 15 is 0 Å². The van der Waals surface area contributed by atoms with Crippen LogP contribution in [0.25, 0.3) is 0 Å². The number of benzene rings is 1. The lowest BCUT2D eigenvalue weighted by Crippen LogP contribution is -2.09. The molecule has 1 radical (unpaired) electrons. The van der Waals surface area contributed by atoms with Gasteiger partial charge < -0.3 is 0 Å². The first-order valence-corrected chi connectivity index (χ1v) is 6.83. The van der Waals surface area contributed by atoms with Crippen LogP contribution in [-0.4, -0.2) is 14.7 Å². The first-order valence-electron chi connectivity index (χ1n) is 4.56. The number of halogens is 1. The van der Waals surface area contributed by atoms with Crippen molar-refractivity contribution in [3.8, 4) is 0 Å². The second-order valence-corrected chi connectivity index (χ2v) is 5.84. The lowest BCUT2D eigenvalue weighted by molar-refractivity contribution is 0.607. The lowest BCUT2D eigenvalue weighted by atomic mass is 10.1. The largest absolute Gasteiger partial charge is 0.284 e. The Hall–Kier alpha value is -0.740. The third-order valence-electron chi connectivity index (χ3n) is 2.17. The summed E-state index contributed by atoms with van der Waals surface area (Å²) in [6.07, 6.45) is 4.33. The molecule has 1 unspecified atom stereocenters. The number of sulfonamides is 1. The summed E-state index contributed by atoms with van der Waals surface area (Å²) < 4.78 is 24.4. The van der Waals surface area contributed by atoms with Crippen molar-refractivity contribution in [1.29, 1.82) is 0 Å². The quantitative estimate of drug-likeness (QED) is 0.888. The summed E-state index contributed by atoms with van der Waals surface area (Å²) in [5, 5.41) is 0.613. The van der Waals surface area contributed by atoms with Crippen molar-refractivity contribution in [1.82, 2.24) is 0 Å². The predicted octanol–water partition coefficient (Wildman–Crippen LogP) is 2.40. The highest BCUT2D eigenvalue weighted by molar-refractivity contribution is 7.92. The molecule has 15 heavy (non-hydrogen) atoms. The molecule has 0 bridgehead atoms. The molecule has 0 amide bonds. The maximum atomic E-state index is 11.0. The first-order chi connectivity index (χ1) is 6.96. The Balaban J connectivity index is 2.25. The number of nitrogens with one attached hydrogen (secondary N) is 1. The van der Waals surface area contributed by atoms with Crippen LogP contribution in [0, 0.1) is 6.42 Å². The maximum Gasteiger partial charge on any atom is 0.229 e. The highest BCUT2D eigenvalue weighted by atomic mass is 35.5. The topological polar surface area (TPSA) is 46.2 Å². The summed E-state index contributed by atoms with van der Waals surface area (Å²) in [5.74, 6) is 0.449. The second kappa shape index (κ2) is 3.68. The Bertz CT molecular complexity index is 480. The number of hydrogen-bond acceptors (Lipinski definition) is 2. The molecular weight excluding hydrogens is 234 g/mol. The third kappa shape index (κ3) is 2.86. The Morgan fingerprint density at radius 1 is 1.47 bits per heavy atom. The van der Waals surface area contributed by atoms with Crippen molar-refractivity contribution in [2.24, 2.45) is 0 Å². The van der Waals surface area contributed by atoms with Crippen LogP contribution in [0.15, 0.2) is 18.2 Å².